The third kappa shape index (κ3) is 7.38. The van der Waals surface area contributed by atoms with Crippen molar-refractivity contribution in [3.8, 4) is 5.75 Å². The van der Waals surface area contributed by atoms with Crippen molar-refractivity contribution < 1.29 is 9.53 Å². The Labute approximate surface area is 191 Å². The zero-order valence-electron chi connectivity index (χ0n) is 17.5. The first-order chi connectivity index (χ1) is 14.9. The molecule has 1 heterocycles. The highest BCUT2D eigenvalue weighted by Crippen LogP contribution is 2.20. The maximum absolute atomic E-state index is 12.3. The van der Waals surface area contributed by atoms with Crippen molar-refractivity contribution in [2.75, 3.05) is 0 Å². The normalized spacial score (nSPS) is 12.0. The summed E-state index contributed by atoms with van der Waals surface area (Å²) in [6.07, 6.45) is 1.59. The fourth-order valence-corrected chi connectivity index (χ4v) is 3.61. The molecule has 0 spiro atoms. The summed E-state index contributed by atoms with van der Waals surface area (Å²) < 4.78 is 5.76. The zero-order chi connectivity index (χ0) is 22.2. The molecule has 1 atom stereocenters. The molecule has 0 saturated heterocycles. The third-order valence-corrected chi connectivity index (χ3v) is 5.41. The maximum atomic E-state index is 12.3. The lowest BCUT2D eigenvalue weighted by molar-refractivity contribution is -0.120. The molecule has 1 aromatic heterocycles. The molecular formula is C23H23ClN4O2S. The summed E-state index contributed by atoms with van der Waals surface area (Å²) in [5, 5.41) is 4.95. The summed E-state index contributed by atoms with van der Waals surface area (Å²) >= 11 is 7.19. The Morgan fingerprint density at radius 1 is 1.13 bits per heavy atom. The molecule has 0 aliphatic heterocycles. The number of rotatable bonds is 8. The van der Waals surface area contributed by atoms with Crippen LogP contribution in [0.3, 0.4) is 0 Å². The van der Waals surface area contributed by atoms with E-state index in [1.807, 2.05) is 68.4 Å². The number of aromatic nitrogens is 2. The minimum Gasteiger partial charge on any atom is -0.489 e. The van der Waals surface area contributed by atoms with Crippen LogP contribution in [0.15, 0.2) is 64.9 Å². The highest BCUT2D eigenvalue weighted by molar-refractivity contribution is 8.00. The van der Waals surface area contributed by atoms with E-state index in [4.69, 9.17) is 16.3 Å². The number of thioether (sulfide) groups is 1. The number of amides is 1. The van der Waals surface area contributed by atoms with Gasteiger partial charge in [0.2, 0.25) is 0 Å². The lowest BCUT2D eigenvalue weighted by Crippen LogP contribution is -2.27. The molecule has 0 bridgehead atoms. The fraction of sp³-hybridized carbons (Fsp3) is 0.217. The number of ether oxygens (including phenoxy) is 1. The Hall–Kier alpha value is -2.90. The summed E-state index contributed by atoms with van der Waals surface area (Å²) in [6, 6.07) is 16.9. The monoisotopic (exact) mass is 454 g/mol. The molecule has 0 fully saturated rings. The molecule has 31 heavy (non-hydrogen) atoms. The van der Waals surface area contributed by atoms with E-state index in [0.717, 1.165) is 28.3 Å². The molecule has 1 N–H and O–H groups in total. The third-order valence-electron chi connectivity index (χ3n) is 4.20. The average Bonchev–Trinajstić information content (AvgIpc) is 2.73. The number of nitrogens with zero attached hydrogens (tertiary/aromatic N) is 3. The molecule has 6 nitrogen and oxygen atoms in total. The van der Waals surface area contributed by atoms with Gasteiger partial charge in [-0.2, -0.15) is 5.10 Å². The standard InChI is InChI=1S/C23H23ClN4O2S/c1-15-12-16(2)27-23(26-15)31-17(3)22(29)28-25-13-18-6-10-21(11-7-18)30-14-19-4-8-20(24)9-5-19/h4-13,17H,14H2,1-3H3,(H,28,29)/b25-13+. The molecule has 1 amide bonds. The van der Waals surface area contributed by atoms with Gasteiger partial charge in [0.25, 0.3) is 5.91 Å². The Morgan fingerprint density at radius 3 is 2.42 bits per heavy atom. The molecule has 3 aromatic rings. The van der Waals surface area contributed by atoms with Crippen molar-refractivity contribution in [2.24, 2.45) is 5.10 Å². The Kier molecular flexibility index (Phi) is 8.03. The average molecular weight is 455 g/mol. The molecule has 2 aromatic carbocycles. The van der Waals surface area contributed by atoms with E-state index >= 15 is 0 Å². The molecule has 0 aliphatic rings. The van der Waals surface area contributed by atoms with Crippen LogP contribution in [0.5, 0.6) is 5.75 Å². The summed E-state index contributed by atoms with van der Waals surface area (Å²) in [6.45, 7) is 6.06. The number of hydrazone groups is 1. The highest BCUT2D eigenvalue weighted by Gasteiger charge is 2.15. The van der Waals surface area contributed by atoms with Crippen molar-refractivity contribution in [3.63, 3.8) is 0 Å². The molecule has 0 saturated carbocycles. The van der Waals surface area contributed by atoms with Crippen LogP contribution < -0.4 is 10.2 Å². The van der Waals surface area contributed by atoms with E-state index in [1.165, 1.54) is 11.8 Å². The fourth-order valence-electron chi connectivity index (χ4n) is 2.62. The van der Waals surface area contributed by atoms with E-state index in [9.17, 15) is 4.79 Å². The van der Waals surface area contributed by atoms with Crippen LogP contribution in [-0.4, -0.2) is 27.3 Å². The summed E-state index contributed by atoms with van der Waals surface area (Å²) in [4.78, 5) is 21.0. The second-order valence-electron chi connectivity index (χ2n) is 6.91. The van der Waals surface area contributed by atoms with E-state index in [0.29, 0.717) is 16.8 Å². The van der Waals surface area contributed by atoms with Gasteiger partial charge in [-0.1, -0.05) is 35.5 Å². The van der Waals surface area contributed by atoms with Crippen molar-refractivity contribution in [1.82, 2.24) is 15.4 Å². The van der Waals surface area contributed by atoms with E-state index in [-0.39, 0.29) is 11.2 Å². The van der Waals surface area contributed by atoms with Crippen LogP contribution in [0, 0.1) is 13.8 Å². The lowest BCUT2D eigenvalue weighted by Gasteiger charge is -2.09. The zero-order valence-corrected chi connectivity index (χ0v) is 19.1. The Bertz CT molecular complexity index is 1040. The quantitative estimate of drug-likeness (QED) is 0.225. The molecule has 0 aliphatic carbocycles. The number of hydrogen-bond acceptors (Lipinski definition) is 6. The van der Waals surface area contributed by atoms with Crippen molar-refractivity contribution >= 4 is 35.5 Å². The first-order valence-electron chi connectivity index (χ1n) is 9.68. The molecule has 3 rings (SSSR count). The van der Waals surface area contributed by atoms with Crippen molar-refractivity contribution in [3.05, 3.63) is 82.1 Å². The second-order valence-corrected chi connectivity index (χ2v) is 8.66. The lowest BCUT2D eigenvalue weighted by atomic mass is 10.2. The van der Waals surface area contributed by atoms with Crippen LogP contribution in [0.2, 0.25) is 5.02 Å². The van der Waals surface area contributed by atoms with Crippen LogP contribution in [0.25, 0.3) is 0 Å². The van der Waals surface area contributed by atoms with E-state index in [2.05, 4.69) is 20.5 Å². The van der Waals surface area contributed by atoms with Gasteiger partial charge in [0.1, 0.15) is 12.4 Å². The van der Waals surface area contributed by atoms with Gasteiger partial charge in [-0.15, -0.1) is 0 Å². The van der Waals surface area contributed by atoms with Gasteiger partial charge in [-0.25, -0.2) is 15.4 Å². The van der Waals surface area contributed by atoms with E-state index < -0.39 is 0 Å². The predicted molar refractivity (Wildman–Crippen MR) is 125 cm³/mol. The first-order valence-corrected chi connectivity index (χ1v) is 10.9. The van der Waals surface area contributed by atoms with Crippen LogP contribution in [-0.2, 0) is 11.4 Å². The van der Waals surface area contributed by atoms with Crippen LogP contribution in [0.4, 0.5) is 0 Å². The predicted octanol–water partition coefficient (Wildman–Crippen LogP) is 4.96. The number of hydrogen-bond donors (Lipinski definition) is 1. The highest BCUT2D eigenvalue weighted by atomic mass is 35.5. The van der Waals surface area contributed by atoms with Gasteiger partial charge in [0, 0.05) is 16.4 Å². The molecule has 8 heteroatoms. The van der Waals surface area contributed by atoms with Crippen LogP contribution in [0.1, 0.15) is 29.4 Å². The summed E-state index contributed by atoms with van der Waals surface area (Å²) in [5.41, 5.74) is 6.19. The maximum Gasteiger partial charge on any atom is 0.253 e. The number of halogens is 1. The topological polar surface area (TPSA) is 76.5 Å². The second kappa shape index (κ2) is 10.9. The molecule has 160 valence electrons. The summed E-state index contributed by atoms with van der Waals surface area (Å²) in [5.74, 6) is 0.529. The van der Waals surface area contributed by atoms with Gasteiger partial charge in [0.05, 0.1) is 11.5 Å². The number of carbonyl (C=O) groups excluding carboxylic acids is 1. The van der Waals surface area contributed by atoms with Crippen molar-refractivity contribution in [1.29, 1.82) is 0 Å². The van der Waals surface area contributed by atoms with Gasteiger partial charge in [0.15, 0.2) is 5.16 Å². The van der Waals surface area contributed by atoms with Gasteiger partial charge < -0.3 is 4.74 Å². The number of nitrogens with one attached hydrogen (secondary N) is 1. The van der Waals surface area contributed by atoms with E-state index in [1.54, 1.807) is 13.1 Å². The number of benzene rings is 2. The van der Waals surface area contributed by atoms with Gasteiger partial charge >= 0.3 is 0 Å². The summed E-state index contributed by atoms with van der Waals surface area (Å²) in [7, 11) is 0. The SMILES string of the molecule is Cc1cc(C)nc(SC(C)C(=O)N/N=C/c2ccc(OCc3ccc(Cl)cc3)cc2)n1. The smallest absolute Gasteiger partial charge is 0.253 e. The first kappa shape index (κ1) is 22.8. The van der Waals surface area contributed by atoms with Crippen LogP contribution >= 0.6 is 23.4 Å². The molecular weight excluding hydrogens is 432 g/mol. The molecule has 1 unspecified atom stereocenters. The van der Waals surface area contributed by atoms with Crippen molar-refractivity contribution in [2.45, 2.75) is 37.8 Å². The Morgan fingerprint density at radius 2 is 1.77 bits per heavy atom. The molecule has 0 radical (unpaired) electrons. The minimum absolute atomic E-state index is 0.216. The largest absolute Gasteiger partial charge is 0.489 e. The Balaban J connectivity index is 1.47. The van der Waals surface area contributed by atoms with Gasteiger partial charge in [-0.3, -0.25) is 4.79 Å². The number of carbonyl (C=O) groups is 1. The number of aryl methyl sites for hydroxylation is 2. The van der Waals surface area contributed by atoms with Gasteiger partial charge in [-0.05, 0) is 74.4 Å². The minimum atomic E-state index is -0.373.